The van der Waals surface area contributed by atoms with E-state index in [0.717, 1.165) is 12.8 Å². The second-order valence-electron chi connectivity index (χ2n) is 8.56. The van der Waals surface area contributed by atoms with Crippen LogP contribution in [0.4, 0.5) is 4.39 Å². The number of fused-ring (bicyclic) bond motifs is 3. The van der Waals surface area contributed by atoms with E-state index >= 15 is 0 Å². The fraction of sp³-hybridized carbons (Fsp3) is 0.579. The summed E-state index contributed by atoms with van der Waals surface area (Å²) in [7, 11) is 0. The molecule has 2 aromatic rings. The average molecular weight is 380 g/mol. The van der Waals surface area contributed by atoms with Crippen molar-refractivity contribution in [1.82, 2.24) is 15.3 Å². The Hall–Kier alpha value is -1.66. The molecule has 0 spiro atoms. The van der Waals surface area contributed by atoms with Crippen molar-refractivity contribution in [2.24, 2.45) is 17.3 Å². The van der Waals surface area contributed by atoms with Crippen molar-refractivity contribution in [2.45, 2.75) is 52.2 Å². The van der Waals surface area contributed by atoms with Gasteiger partial charge in [0.25, 0.3) is 5.91 Å². The van der Waals surface area contributed by atoms with Crippen molar-refractivity contribution in [2.75, 3.05) is 0 Å². The molecule has 1 amide bonds. The Kier molecular flexibility index (Phi) is 3.70. The largest absolute Gasteiger partial charge is 0.388 e. The molecule has 140 valence electrons. The maximum absolute atomic E-state index is 14.3. The van der Waals surface area contributed by atoms with E-state index in [1.54, 1.807) is 13.8 Å². The molecule has 26 heavy (non-hydrogen) atoms. The van der Waals surface area contributed by atoms with Gasteiger partial charge >= 0.3 is 0 Å². The second kappa shape index (κ2) is 5.42. The maximum atomic E-state index is 14.3. The van der Waals surface area contributed by atoms with Crippen molar-refractivity contribution in [3.63, 3.8) is 0 Å². The van der Waals surface area contributed by atoms with Crippen LogP contribution in [0.2, 0.25) is 5.02 Å². The number of nitrogens with zero attached hydrogens (tertiary/aromatic N) is 1. The Bertz CT molecular complexity index is 921. The molecule has 3 aliphatic rings. The van der Waals surface area contributed by atoms with Crippen LogP contribution in [0.1, 0.15) is 49.8 Å². The fourth-order valence-corrected chi connectivity index (χ4v) is 5.07. The highest BCUT2D eigenvalue weighted by Crippen LogP contribution is 2.62. The minimum Gasteiger partial charge on any atom is -0.388 e. The molecule has 0 aromatic carbocycles. The number of nitrogens with one attached hydrogen (secondary N) is 2. The molecule has 3 aliphatic carbocycles. The molecule has 4 atom stereocenters. The highest BCUT2D eigenvalue weighted by atomic mass is 35.5. The Balaban J connectivity index is 1.60. The highest BCUT2D eigenvalue weighted by molar-refractivity contribution is 6.32. The second-order valence-corrected chi connectivity index (χ2v) is 8.94. The molecular weight excluding hydrogens is 357 g/mol. The van der Waals surface area contributed by atoms with Crippen LogP contribution in [-0.4, -0.2) is 32.6 Å². The van der Waals surface area contributed by atoms with Crippen LogP contribution in [-0.2, 0) is 0 Å². The summed E-state index contributed by atoms with van der Waals surface area (Å²) in [6, 6.07) is 1.09. The smallest absolute Gasteiger partial charge is 0.268 e. The zero-order valence-corrected chi connectivity index (χ0v) is 16.0. The lowest BCUT2D eigenvalue weighted by Gasteiger charge is -2.65. The summed E-state index contributed by atoms with van der Waals surface area (Å²) in [6.07, 6.45) is 1.73. The highest BCUT2D eigenvalue weighted by Gasteiger charge is 2.63. The van der Waals surface area contributed by atoms with Gasteiger partial charge in [-0.25, -0.2) is 9.37 Å². The molecule has 3 saturated carbocycles. The first-order chi connectivity index (χ1) is 12.0. The lowest BCUT2D eigenvalue weighted by molar-refractivity contribution is -0.207. The number of aliphatic hydroxyl groups is 1. The van der Waals surface area contributed by atoms with Crippen LogP contribution in [0.15, 0.2) is 6.07 Å². The van der Waals surface area contributed by atoms with E-state index in [-0.39, 0.29) is 45.0 Å². The molecule has 5 rings (SSSR count). The monoisotopic (exact) mass is 379 g/mol. The summed E-state index contributed by atoms with van der Waals surface area (Å²) in [6.45, 7) is 7.76. The van der Waals surface area contributed by atoms with Gasteiger partial charge in [0.05, 0.1) is 27.7 Å². The van der Waals surface area contributed by atoms with Gasteiger partial charge in [-0.15, -0.1) is 0 Å². The Morgan fingerprint density at radius 1 is 1.42 bits per heavy atom. The summed E-state index contributed by atoms with van der Waals surface area (Å²) in [5.74, 6) is -0.318. The van der Waals surface area contributed by atoms with Crippen molar-refractivity contribution >= 4 is 28.5 Å². The number of pyridine rings is 1. The normalized spacial score (nSPS) is 32.3. The molecule has 2 bridgehead atoms. The van der Waals surface area contributed by atoms with E-state index in [1.165, 1.54) is 6.07 Å². The van der Waals surface area contributed by atoms with Gasteiger partial charge in [0, 0.05) is 0 Å². The number of hydrogen-bond acceptors (Lipinski definition) is 3. The number of H-pyrrole nitrogens is 1. The van der Waals surface area contributed by atoms with Gasteiger partial charge in [-0.3, -0.25) is 4.79 Å². The molecule has 2 aromatic heterocycles. The molecule has 0 saturated heterocycles. The third-order valence-corrected chi connectivity index (χ3v) is 7.21. The van der Waals surface area contributed by atoms with E-state index in [1.807, 2.05) is 0 Å². The van der Waals surface area contributed by atoms with E-state index in [9.17, 15) is 14.3 Å². The molecule has 0 radical (unpaired) electrons. The van der Waals surface area contributed by atoms with Gasteiger partial charge < -0.3 is 15.4 Å². The minimum absolute atomic E-state index is 0.0407. The first-order valence-electron chi connectivity index (χ1n) is 8.91. The molecule has 0 unspecified atom stereocenters. The standard InChI is InChI=1S/C19H23ClFN3O2/c1-8-14(20)15(21)10-7-11(23-16(10)22-8)17(25)24-13-6-9-5-12(18(9,2)3)19(13,4)26/h7,9,12-13,26H,5-6H2,1-4H3,(H,22,23)(H,24,25)/t9-,12-,13+,19-/m1/s1. The van der Waals surface area contributed by atoms with Gasteiger partial charge in [-0.1, -0.05) is 25.4 Å². The zero-order valence-electron chi connectivity index (χ0n) is 15.3. The van der Waals surface area contributed by atoms with Crippen LogP contribution in [0.3, 0.4) is 0 Å². The van der Waals surface area contributed by atoms with Gasteiger partial charge in [-0.05, 0) is 50.0 Å². The summed E-state index contributed by atoms with van der Waals surface area (Å²) in [4.78, 5) is 19.7. The number of aromatic nitrogens is 2. The fourth-order valence-electron chi connectivity index (χ4n) is 4.93. The summed E-state index contributed by atoms with van der Waals surface area (Å²) in [5, 5.41) is 14.1. The van der Waals surface area contributed by atoms with Gasteiger partial charge in [0.2, 0.25) is 0 Å². The predicted octanol–water partition coefficient (Wildman–Crippen LogP) is 3.58. The van der Waals surface area contributed by atoms with E-state index in [4.69, 9.17) is 11.6 Å². The summed E-state index contributed by atoms with van der Waals surface area (Å²) < 4.78 is 14.3. The number of hydrogen-bond donors (Lipinski definition) is 3. The van der Waals surface area contributed by atoms with Crippen LogP contribution in [0, 0.1) is 30.0 Å². The first kappa shape index (κ1) is 17.7. The summed E-state index contributed by atoms with van der Waals surface area (Å²) in [5.41, 5.74) is -0.0180. The number of aryl methyl sites for hydroxylation is 1. The van der Waals surface area contributed by atoms with Crippen LogP contribution in [0.5, 0.6) is 0 Å². The molecule has 3 fully saturated rings. The number of rotatable bonds is 2. The molecule has 2 heterocycles. The molecular formula is C19H23ClFN3O2. The number of carbonyl (C=O) groups is 1. The number of aromatic amines is 1. The van der Waals surface area contributed by atoms with Crippen molar-refractivity contribution < 1.29 is 14.3 Å². The lowest BCUT2D eigenvalue weighted by atomic mass is 9.43. The predicted molar refractivity (Wildman–Crippen MR) is 97.7 cm³/mol. The van der Waals surface area contributed by atoms with Gasteiger partial charge in [-0.2, -0.15) is 0 Å². The van der Waals surface area contributed by atoms with Gasteiger partial charge in [0.1, 0.15) is 11.3 Å². The Morgan fingerprint density at radius 2 is 2.12 bits per heavy atom. The Labute approximate surface area is 156 Å². The third kappa shape index (κ3) is 2.31. The molecule has 7 heteroatoms. The Morgan fingerprint density at radius 3 is 2.73 bits per heavy atom. The molecule has 3 N–H and O–H groups in total. The van der Waals surface area contributed by atoms with Crippen molar-refractivity contribution in [3.8, 4) is 0 Å². The quantitative estimate of drug-likeness (QED) is 0.746. The molecule has 0 aliphatic heterocycles. The number of carbonyl (C=O) groups excluding carboxylic acids is 1. The van der Waals surface area contributed by atoms with Crippen LogP contribution in [0.25, 0.3) is 11.0 Å². The first-order valence-corrected chi connectivity index (χ1v) is 9.28. The zero-order chi connectivity index (χ0) is 19.0. The minimum atomic E-state index is -0.969. The molecule has 5 nitrogen and oxygen atoms in total. The summed E-state index contributed by atoms with van der Waals surface area (Å²) >= 11 is 5.90. The average Bonchev–Trinajstić information content (AvgIpc) is 2.97. The van der Waals surface area contributed by atoms with Crippen LogP contribution < -0.4 is 5.32 Å². The number of amides is 1. The maximum Gasteiger partial charge on any atom is 0.268 e. The van der Waals surface area contributed by atoms with E-state index in [2.05, 4.69) is 29.1 Å². The topological polar surface area (TPSA) is 78.0 Å². The van der Waals surface area contributed by atoms with Crippen molar-refractivity contribution in [3.05, 3.63) is 28.3 Å². The van der Waals surface area contributed by atoms with E-state index < -0.39 is 11.4 Å². The van der Waals surface area contributed by atoms with Gasteiger partial charge in [0.15, 0.2) is 5.82 Å². The van der Waals surface area contributed by atoms with E-state index in [0.29, 0.717) is 11.6 Å². The number of halogens is 2. The lowest BCUT2D eigenvalue weighted by Crippen LogP contribution is -2.70. The SMILES string of the molecule is Cc1nc2[nH]c(C(=O)N[C@H]3C[C@H]4C[C@H](C4(C)C)[C@@]3(C)O)cc2c(F)c1Cl. The van der Waals surface area contributed by atoms with Crippen LogP contribution >= 0.6 is 11.6 Å². The third-order valence-electron chi connectivity index (χ3n) is 6.77. The van der Waals surface area contributed by atoms with Crippen molar-refractivity contribution in [1.29, 1.82) is 0 Å².